The number of nitrogens with one attached hydrogen (secondary N) is 1. The van der Waals surface area contributed by atoms with E-state index in [0.717, 1.165) is 25.3 Å². The molecule has 5 heteroatoms. The Morgan fingerprint density at radius 1 is 1.33 bits per heavy atom. The minimum absolute atomic E-state index is 0.651. The molecule has 2 heterocycles. The number of aryl methyl sites for hydroxylation is 1. The molecule has 2 aromatic rings. The van der Waals surface area contributed by atoms with Crippen molar-refractivity contribution in [2.75, 3.05) is 13.7 Å². The largest absolute Gasteiger partial charge is 0.481 e. The molecule has 0 aliphatic heterocycles. The van der Waals surface area contributed by atoms with Crippen LogP contribution in [0.15, 0.2) is 30.7 Å². The van der Waals surface area contributed by atoms with Gasteiger partial charge in [-0.25, -0.2) is 9.97 Å². The van der Waals surface area contributed by atoms with Gasteiger partial charge in [-0.1, -0.05) is 0 Å². The van der Waals surface area contributed by atoms with E-state index in [2.05, 4.69) is 15.3 Å². The highest BCUT2D eigenvalue weighted by atomic mass is 16.5. The van der Waals surface area contributed by atoms with Crippen molar-refractivity contribution < 1.29 is 4.74 Å². The van der Waals surface area contributed by atoms with Gasteiger partial charge in [0.2, 0.25) is 5.88 Å². The first kappa shape index (κ1) is 12.6. The molecule has 18 heavy (non-hydrogen) atoms. The van der Waals surface area contributed by atoms with Crippen LogP contribution in [0.3, 0.4) is 0 Å². The maximum absolute atomic E-state index is 5.08. The Labute approximate surface area is 107 Å². The molecule has 0 spiro atoms. The summed E-state index contributed by atoms with van der Waals surface area (Å²) in [4.78, 5) is 8.36. The third-order valence-corrected chi connectivity index (χ3v) is 2.78. The fourth-order valence-electron chi connectivity index (χ4n) is 1.74. The highest BCUT2D eigenvalue weighted by Crippen LogP contribution is 2.07. The molecule has 0 radical (unpaired) electrons. The van der Waals surface area contributed by atoms with E-state index in [1.54, 1.807) is 13.3 Å². The highest BCUT2D eigenvalue weighted by molar-refractivity contribution is 5.20. The summed E-state index contributed by atoms with van der Waals surface area (Å²) in [6.45, 7) is 1.71. The van der Waals surface area contributed by atoms with Gasteiger partial charge in [-0.2, -0.15) is 0 Å². The average molecular weight is 246 g/mol. The summed E-state index contributed by atoms with van der Waals surface area (Å²) in [6.07, 6.45) is 6.46. The molecule has 0 aliphatic carbocycles. The van der Waals surface area contributed by atoms with E-state index < -0.39 is 0 Å². The standard InChI is InChI=1S/C13H18N4O/c1-17-8-7-15-12(17)4-5-14-10-11-3-6-16-13(9-11)18-2/h3,6-9,14H,4-5,10H2,1-2H3. The summed E-state index contributed by atoms with van der Waals surface area (Å²) in [5.74, 6) is 1.74. The molecule has 2 rings (SSSR count). The van der Waals surface area contributed by atoms with Crippen LogP contribution in [0.25, 0.3) is 0 Å². The van der Waals surface area contributed by atoms with Crippen LogP contribution < -0.4 is 10.1 Å². The molecule has 96 valence electrons. The van der Waals surface area contributed by atoms with E-state index >= 15 is 0 Å². The second kappa shape index (κ2) is 6.16. The van der Waals surface area contributed by atoms with Gasteiger partial charge in [0.05, 0.1) is 7.11 Å². The average Bonchev–Trinajstić information content (AvgIpc) is 2.81. The van der Waals surface area contributed by atoms with Crippen molar-refractivity contribution in [1.29, 1.82) is 0 Å². The van der Waals surface area contributed by atoms with Crippen molar-refractivity contribution in [2.45, 2.75) is 13.0 Å². The maximum atomic E-state index is 5.08. The molecule has 2 aromatic heterocycles. The molecule has 0 atom stereocenters. The van der Waals surface area contributed by atoms with Crippen molar-refractivity contribution in [3.63, 3.8) is 0 Å². The third-order valence-electron chi connectivity index (χ3n) is 2.78. The Morgan fingerprint density at radius 3 is 2.94 bits per heavy atom. The van der Waals surface area contributed by atoms with Gasteiger partial charge in [-0.3, -0.25) is 0 Å². The normalized spacial score (nSPS) is 10.6. The fourth-order valence-corrected chi connectivity index (χ4v) is 1.74. The zero-order valence-corrected chi connectivity index (χ0v) is 10.8. The van der Waals surface area contributed by atoms with Crippen LogP contribution in [0.4, 0.5) is 0 Å². The first-order valence-electron chi connectivity index (χ1n) is 5.95. The van der Waals surface area contributed by atoms with Gasteiger partial charge in [-0.05, 0) is 11.6 Å². The number of pyridine rings is 1. The number of rotatable bonds is 6. The van der Waals surface area contributed by atoms with E-state index in [4.69, 9.17) is 4.74 Å². The van der Waals surface area contributed by atoms with Crippen molar-refractivity contribution >= 4 is 0 Å². The maximum Gasteiger partial charge on any atom is 0.213 e. The van der Waals surface area contributed by atoms with Crippen LogP contribution >= 0.6 is 0 Å². The smallest absolute Gasteiger partial charge is 0.213 e. The van der Waals surface area contributed by atoms with Crippen LogP contribution in [-0.2, 0) is 20.0 Å². The summed E-state index contributed by atoms with van der Waals surface area (Å²) >= 11 is 0. The first-order chi connectivity index (χ1) is 8.79. The Kier molecular flexibility index (Phi) is 4.30. The first-order valence-corrected chi connectivity index (χ1v) is 5.95. The molecule has 0 saturated heterocycles. The minimum Gasteiger partial charge on any atom is -0.481 e. The Hall–Kier alpha value is -1.88. The van der Waals surface area contributed by atoms with Gasteiger partial charge in [0.15, 0.2) is 0 Å². The number of methoxy groups -OCH3 is 1. The van der Waals surface area contributed by atoms with Crippen molar-refractivity contribution in [2.24, 2.45) is 7.05 Å². The Bertz CT molecular complexity index is 495. The topological polar surface area (TPSA) is 52.0 Å². The van der Waals surface area contributed by atoms with E-state index in [9.17, 15) is 0 Å². The second-order valence-corrected chi connectivity index (χ2v) is 4.09. The van der Waals surface area contributed by atoms with Crippen LogP contribution in [0.2, 0.25) is 0 Å². The number of imidazole rings is 1. The molecule has 0 aliphatic rings. The number of hydrogen-bond donors (Lipinski definition) is 1. The molecule has 0 fully saturated rings. The van der Waals surface area contributed by atoms with E-state index in [1.807, 2.05) is 36.1 Å². The van der Waals surface area contributed by atoms with Crippen LogP contribution in [0.1, 0.15) is 11.4 Å². The molecule has 0 unspecified atom stereocenters. The molecule has 0 aromatic carbocycles. The SMILES string of the molecule is COc1cc(CNCCc2nccn2C)ccn1. The van der Waals surface area contributed by atoms with Crippen LogP contribution in [0, 0.1) is 0 Å². The van der Waals surface area contributed by atoms with Gasteiger partial charge >= 0.3 is 0 Å². The molecular weight excluding hydrogens is 228 g/mol. The Morgan fingerprint density at radius 2 is 2.22 bits per heavy atom. The van der Waals surface area contributed by atoms with Gasteiger partial charge in [-0.15, -0.1) is 0 Å². The predicted octanol–water partition coefficient (Wildman–Crippen LogP) is 1.16. The number of nitrogens with zero attached hydrogens (tertiary/aromatic N) is 3. The predicted molar refractivity (Wildman–Crippen MR) is 69.4 cm³/mol. The summed E-state index contributed by atoms with van der Waals surface area (Å²) in [5, 5.41) is 3.38. The monoisotopic (exact) mass is 246 g/mol. The summed E-state index contributed by atoms with van der Waals surface area (Å²) < 4.78 is 7.12. The lowest BCUT2D eigenvalue weighted by atomic mass is 10.2. The Balaban J connectivity index is 1.76. The molecular formula is C13H18N4O. The molecule has 0 bridgehead atoms. The zero-order chi connectivity index (χ0) is 12.8. The molecule has 0 saturated carbocycles. The third kappa shape index (κ3) is 3.30. The van der Waals surface area contributed by atoms with Crippen LogP contribution in [-0.4, -0.2) is 28.2 Å². The minimum atomic E-state index is 0.651. The molecule has 5 nitrogen and oxygen atoms in total. The summed E-state index contributed by atoms with van der Waals surface area (Å²) in [6, 6.07) is 3.92. The van der Waals surface area contributed by atoms with Gasteiger partial charge in [0, 0.05) is 51.2 Å². The fraction of sp³-hybridized carbons (Fsp3) is 0.385. The quantitative estimate of drug-likeness (QED) is 0.777. The lowest BCUT2D eigenvalue weighted by Crippen LogP contribution is -2.18. The highest BCUT2D eigenvalue weighted by Gasteiger charge is 1.99. The van der Waals surface area contributed by atoms with Gasteiger partial charge in [0.25, 0.3) is 0 Å². The number of ether oxygens (including phenoxy) is 1. The lowest BCUT2D eigenvalue weighted by molar-refractivity contribution is 0.397. The van der Waals surface area contributed by atoms with Crippen molar-refractivity contribution in [3.05, 3.63) is 42.1 Å². The summed E-state index contributed by atoms with van der Waals surface area (Å²) in [7, 11) is 3.64. The zero-order valence-electron chi connectivity index (χ0n) is 10.8. The summed E-state index contributed by atoms with van der Waals surface area (Å²) in [5.41, 5.74) is 1.17. The van der Waals surface area contributed by atoms with Crippen molar-refractivity contribution in [1.82, 2.24) is 19.9 Å². The van der Waals surface area contributed by atoms with E-state index in [-0.39, 0.29) is 0 Å². The molecule has 0 amide bonds. The second-order valence-electron chi connectivity index (χ2n) is 4.09. The number of aromatic nitrogens is 3. The van der Waals surface area contributed by atoms with Crippen molar-refractivity contribution in [3.8, 4) is 5.88 Å². The van der Waals surface area contributed by atoms with Gasteiger partial charge < -0.3 is 14.6 Å². The van der Waals surface area contributed by atoms with Crippen LogP contribution in [0.5, 0.6) is 5.88 Å². The van der Waals surface area contributed by atoms with E-state index in [0.29, 0.717) is 5.88 Å². The van der Waals surface area contributed by atoms with Gasteiger partial charge in [0.1, 0.15) is 5.82 Å². The lowest BCUT2D eigenvalue weighted by Gasteiger charge is -2.06. The number of hydrogen-bond acceptors (Lipinski definition) is 4. The molecule has 1 N–H and O–H groups in total. The van der Waals surface area contributed by atoms with E-state index in [1.165, 1.54) is 5.56 Å².